The van der Waals surface area contributed by atoms with Crippen LogP contribution in [-0.2, 0) is 4.79 Å². The largest absolute Gasteiger partial charge is 0.496 e. The number of guanidine groups is 1. The van der Waals surface area contributed by atoms with Crippen molar-refractivity contribution >= 4 is 11.9 Å². The van der Waals surface area contributed by atoms with E-state index < -0.39 is 0 Å². The van der Waals surface area contributed by atoms with Gasteiger partial charge >= 0.3 is 0 Å². The van der Waals surface area contributed by atoms with Crippen LogP contribution >= 0.6 is 0 Å². The Labute approximate surface area is 181 Å². The van der Waals surface area contributed by atoms with E-state index in [4.69, 9.17) is 9.73 Å². The van der Waals surface area contributed by atoms with E-state index in [1.807, 2.05) is 32.3 Å². The van der Waals surface area contributed by atoms with Crippen molar-refractivity contribution in [3.63, 3.8) is 0 Å². The van der Waals surface area contributed by atoms with E-state index in [0.717, 1.165) is 49.5 Å². The Morgan fingerprint density at radius 2 is 1.83 bits per heavy atom. The zero-order valence-corrected chi connectivity index (χ0v) is 19.5. The van der Waals surface area contributed by atoms with Gasteiger partial charge in [0.1, 0.15) is 5.75 Å². The van der Waals surface area contributed by atoms with E-state index in [1.165, 1.54) is 0 Å². The molecule has 0 bridgehead atoms. The van der Waals surface area contributed by atoms with Gasteiger partial charge in [0.15, 0.2) is 5.96 Å². The maximum Gasteiger partial charge on any atom is 0.230 e. The highest BCUT2D eigenvalue weighted by Crippen LogP contribution is 2.39. The maximum absolute atomic E-state index is 12.8. The number of benzene rings is 1. The van der Waals surface area contributed by atoms with Gasteiger partial charge in [-0.05, 0) is 39.9 Å². The van der Waals surface area contributed by atoms with Crippen LogP contribution in [0.25, 0.3) is 0 Å². The highest BCUT2D eigenvalue weighted by Gasteiger charge is 2.42. The van der Waals surface area contributed by atoms with Crippen molar-refractivity contribution in [3.05, 3.63) is 29.8 Å². The number of carbonyl (C=O) groups excluding carboxylic acids is 1. The highest BCUT2D eigenvalue weighted by molar-refractivity contribution is 5.84. The molecule has 0 heterocycles. The predicted octanol–water partition coefficient (Wildman–Crippen LogP) is 2.50. The number of carbonyl (C=O) groups is 1. The molecule has 1 aromatic carbocycles. The maximum atomic E-state index is 12.8. The van der Waals surface area contributed by atoms with Gasteiger partial charge in [-0.3, -0.25) is 9.79 Å². The summed E-state index contributed by atoms with van der Waals surface area (Å²) in [6.45, 7) is 4.01. The molecule has 1 aromatic rings. The lowest BCUT2D eigenvalue weighted by Gasteiger charge is -2.30. The Morgan fingerprint density at radius 3 is 2.40 bits per heavy atom. The van der Waals surface area contributed by atoms with Crippen LogP contribution in [0.4, 0.5) is 0 Å². The van der Waals surface area contributed by atoms with Crippen molar-refractivity contribution in [3.8, 4) is 5.75 Å². The molecule has 7 heteroatoms. The van der Waals surface area contributed by atoms with Gasteiger partial charge in [-0.15, -0.1) is 0 Å². The van der Waals surface area contributed by atoms with E-state index in [1.54, 1.807) is 12.0 Å². The summed E-state index contributed by atoms with van der Waals surface area (Å²) in [7, 11) is 9.50. The Bertz CT molecular complexity index is 711. The zero-order chi connectivity index (χ0) is 22.1. The van der Waals surface area contributed by atoms with Crippen LogP contribution in [0.3, 0.4) is 0 Å². The number of para-hydroxylation sites is 1. The quantitative estimate of drug-likeness (QED) is 0.477. The van der Waals surface area contributed by atoms with Crippen LogP contribution in [0.2, 0.25) is 0 Å². The van der Waals surface area contributed by atoms with E-state index in [2.05, 4.69) is 42.6 Å². The third kappa shape index (κ3) is 5.88. The van der Waals surface area contributed by atoms with Crippen LogP contribution in [0.5, 0.6) is 5.75 Å². The molecular formula is C23H39N5O2. The molecule has 0 aromatic heterocycles. The second kappa shape index (κ2) is 11.2. The molecule has 0 aliphatic heterocycles. The summed E-state index contributed by atoms with van der Waals surface area (Å²) in [6, 6.07) is 8.22. The molecule has 2 N–H and O–H groups in total. The van der Waals surface area contributed by atoms with Crippen molar-refractivity contribution in [1.82, 2.24) is 20.4 Å². The molecule has 1 unspecified atom stereocenters. The second-order valence-electron chi connectivity index (χ2n) is 8.48. The molecule has 1 amide bonds. The van der Waals surface area contributed by atoms with E-state index in [9.17, 15) is 4.79 Å². The molecule has 0 radical (unpaired) electrons. The van der Waals surface area contributed by atoms with Gasteiger partial charge in [0, 0.05) is 32.7 Å². The second-order valence-corrected chi connectivity index (χ2v) is 8.48. The van der Waals surface area contributed by atoms with Crippen LogP contribution in [-0.4, -0.2) is 76.6 Å². The smallest absolute Gasteiger partial charge is 0.230 e. The van der Waals surface area contributed by atoms with Gasteiger partial charge in [0.2, 0.25) is 5.91 Å². The summed E-state index contributed by atoms with van der Waals surface area (Å²) in [5.74, 6) is 1.82. The fraction of sp³-hybridized carbons (Fsp3) is 0.652. The molecule has 2 rings (SSSR count). The SMILES string of the molecule is CCNC(=NCC1(C(=O)N(C)C)CCCC1)NCC(c1ccccc1OC)N(C)C. The monoisotopic (exact) mass is 417 g/mol. The van der Waals surface area contributed by atoms with Crippen molar-refractivity contribution < 1.29 is 9.53 Å². The fourth-order valence-corrected chi connectivity index (χ4v) is 4.24. The summed E-state index contributed by atoms with van der Waals surface area (Å²) in [5, 5.41) is 6.81. The number of likely N-dealkylation sites (N-methyl/N-ethyl adjacent to an activating group) is 1. The molecule has 0 spiro atoms. The molecule has 1 fully saturated rings. The average Bonchev–Trinajstić information content (AvgIpc) is 3.21. The van der Waals surface area contributed by atoms with Crippen LogP contribution in [0.15, 0.2) is 29.3 Å². The summed E-state index contributed by atoms with van der Waals surface area (Å²) >= 11 is 0. The first-order valence-electron chi connectivity index (χ1n) is 10.9. The van der Waals surface area contributed by atoms with E-state index in [0.29, 0.717) is 13.1 Å². The van der Waals surface area contributed by atoms with Gasteiger partial charge in [0.25, 0.3) is 0 Å². The number of hydrogen-bond acceptors (Lipinski definition) is 4. The van der Waals surface area contributed by atoms with Crippen molar-refractivity contribution in [2.24, 2.45) is 10.4 Å². The first-order valence-corrected chi connectivity index (χ1v) is 10.9. The van der Waals surface area contributed by atoms with Crippen LogP contribution in [0.1, 0.15) is 44.2 Å². The summed E-state index contributed by atoms with van der Waals surface area (Å²) in [4.78, 5) is 21.6. The minimum Gasteiger partial charge on any atom is -0.496 e. The number of nitrogens with one attached hydrogen (secondary N) is 2. The van der Waals surface area contributed by atoms with Gasteiger partial charge in [-0.1, -0.05) is 31.0 Å². The average molecular weight is 418 g/mol. The minimum absolute atomic E-state index is 0.119. The molecule has 1 saturated carbocycles. The Kier molecular flexibility index (Phi) is 8.96. The molecule has 1 aliphatic carbocycles. The lowest BCUT2D eigenvalue weighted by atomic mass is 9.85. The number of nitrogens with zero attached hydrogens (tertiary/aromatic N) is 3. The van der Waals surface area contributed by atoms with Crippen LogP contribution in [0, 0.1) is 5.41 Å². The Morgan fingerprint density at radius 1 is 1.17 bits per heavy atom. The molecule has 0 saturated heterocycles. The molecule has 7 nitrogen and oxygen atoms in total. The molecule has 1 aliphatic rings. The lowest BCUT2D eigenvalue weighted by Crippen LogP contribution is -2.44. The Hall–Kier alpha value is -2.28. The predicted molar refractivity (Wildman–Crippen MR) is 123 cm³/mol. The fourth-order valence-electron chi connectivity index (χ4n) is 4.24. The normalized spacial score (nSPS) is 17.0. The van der Waals surface area contributed by atoms with Crippen molar-refractivity contribution in [1.29, 1.82) is 0 Å². The third-order valence-electron chi connectivity index (χ3n) is 5.89. The number of methoxy groups -OCH3 is 1. The number of amides is 1. The number of aliphatic imine (C=N–C) groups is 1. The van der Waals surface area contributed by atoms with Crippen molar-refractivity contribution in [2.45, 2.75) is 38.6 Å². The standard InChI is InChI=1S/C23H39N5O2/c1-7-24-22(26-17-23(14-10-11-15-23)21(29)28(4)5)25-16-19(27(2)3)18-12-8-9-13-20(18)30-6/h8-9,12-13,19H,7,10-11,14-17H2,1-6H3,(H2,24,25,26). The first-order chi connectivity index (χ1) is 14.3. The molecule has 1 atom stereocenters. The number of ether oxygens (including phenoxy) is 1. The van der Waals surface area contributed by atoms with E-state index >= 15 is 0 Å². The van der Waals surface area contributed by atoms with Gasteiger partial charge in [-0.25, -0.2) is 0 Å². The zero-order valence-electron chi connectivity index (χ0n) is 19.5. The van der Waals surface area contributed by atoms with Crippen molar-refractivity contribution in [2.75, 3.05) is 54.9 Å². The molecule has 30 heavy (non-hydrogen) atoms. The number of rotatable bonds is 9. The third-order valence-corrected chi connectivity index (χ3v) is 5.89. The van der Waals surface area contributed by atoms with Crippen LogP contribution < -0.4 is 15.4 Å². The Balaban J connectivity index is 2.16. The lowest BCUT2D eigenvalue weighted by molar-refractivity contribution is -0.138. The van der Waals surface area contributed by atoms with Gasteiger partial charge in [0.05, 0.1) is 25.1 Å². The topological polar surface area (TPSA) is 69.2 Å². The van der Waals surface area contributed by atoms with E-state index in [-0.39, 0.29) is 17.4 Å². The summed E-state index contributed by atoms with van der Waals surface area (Å²) < 4.78 is 5.57. The summed E-state index contributed by atoms with van der Waals surface area (Å²) in [5.41, 5.74) is 0.763. The van der Waals surface area contributed by atoms with Gasteiger partial charge < -0.3 is 25.2 Å². The highest BCUT2D eigenvalue weighted by atomic mass is 16.5. The summed E-state index contributed by atoms with van der Waals surface area (Å²) in [6.07, 6.45) is 4.01. The minimum atomic E-state index is -0.366. The molecule has 168 valence electrons. The van der Waals surface area contributed by atoms with Gasteiger partial charge in [-0.2, -0.15) is 0 Å². The molecular weight excluding hydrogens is 378 g/mol. The first kappa shape index (κ1) is 24.0. The number of hydrogen-bond donors (Lipinski definition) is 2.